The Morgan fingerprint density at radius 3 is 2.50 bits per heavy atom. The van der Waals surface area contributed by atoms with Gasteiger partial charge >= 0.3 is 5.69 Å². The van der Waals surface area contributed by atoms with Crippen LogP contribution in [0.4, 0.5) is 0 Å². The molecule has 0 radical (unpaired) electrons. The van der Waals surface area contributed by atoms with E-state index >= 15 is 0 Å². The molecule has 0 spiro atoms. The van der Waals surface area contributed by atoms with Gasteiger partial charge in [-0.1, -0.05) is 48.4 Å². The fraction of sp³-hybridized carbons (Fsp3) is 0.462. The molecule has 194 valence electrons. The van der Waals surface area contributed by atoms with Crippen LogP contribution in [0.2, 0.25) is 0 Å². The molecule has 2 N–H and O–H groups in total. The first-order valence-electron chi connectivity index (χ1n) is 12.1. The Labute approximate surface area is 216 Å². The van der Waals surface area contributed by atoms with Crippen LogP contribution in [0.25, 0.3) is 11.2 Å². The highest BCUT2D eigenvalue weighted by Crippen LogP contribution is 2.29. The Morgan fingerprint density at radius 1 is 1.14 bits per heavy atom. The molecule has 0 aliphatic heterocycles. The fourth-order valence-electron chi connectivity index (χ4n) is 4.62. The third kappa shape index (κ3) is 5.47. The minimum atomic E-state index is -0.595. The fourth-order valence-corrected chi connectivity index (χ4v) is 4.62. The molecule has 1 fully saturated rings. The topological polar surface area (TPSA) is 114 Å². The molecule has 9 nitrogen and oxygen atoms in total. The molecule has 0 bridgehead atoms. The number of fused-ring (bicyclic) bond motifs is 1. The van der Waals surface area contributed by atoms with Crippen molar-refractivity contribution in [2.75, 3.05) is 6.54 Å². The quantitative estimate of drug-likeness (QED) is 0.364. The summed E-state index contributed by atoms with van der Waals surface area (Å²) in [5.74, 6) is -0.103. The number of allylic oxidation sites excluding steroid dienone is 2. The third-order valence-corrected chi connectivity index (χ3v) is 6.68. The predicted molar refractivity (Wildman–Crippen MR) is 142 cm³/mol. The molecule has 0 saturated heterocycles. The van der Waals surface area contributed by atoms with Crippen molar-refractivity contribution in [2.45, 2.75) is 58.7 Å². The molecular formula is C26H34ClN5O4. The zero-order valence-corrected chi connectivity index (χ0v) is 21.8. The average Bonchev–Trinajstić information content (AvgIpc) is 3.23. The van der Waals surface area contributed by atoms with Crippen LogP contribution in [0.3, 0.4) is 0 Å². The number of hydrogen-bond acceptors (Lipinski definition) is 6. The van der Waals surface area contributed by atoms with Gasteiger partial charge in [-0.2, -0.15) is 4.98 Å². The van der Waals surface area contributed by atoms with Crippen LogP contribution in [-0.4, -0.2) is 37.1 Å². The van der Waals surface area contributed by atoms with E-state index in [4.69, 9.17) is 10.5 Å². The maximum Gasteiger partial charge on any atom is 0.332 e. The van der Waals surface area contributed by atoms with Gasteiger partial charge in [0, 0.05) is 25.1 Å². The summed E-state index contributed by atoms with van der Waals surface area (Å²) in [5, 5.41) is 0. The summed E-state index contributed by atoms with van der Waals surface area (Å²) in [6, 6.07) is 8.92. The highest BCUT2D eigenvalue weighted by atomic mass is 35.5. The summed E-state index contributed by atoms with van der Waals surface area (Å²) in [6.07, 6.45) is 5.88. The second-order valence-corrected chi connectivity index (χ2v) is 9.42. The number of benzene rings is 1. The van der Waals surface area contributed by atoms with E-state index in [2.05, 4.69) is 4.98 Å². The van der Waals surface area contributed by atoms with Crippen molar-refractivity contribution in [3.05, 3.63) is 68.4 Å². The first kappa shape index (κ1) is 27.4. The molecule has 10 heteroatoms. The second-order valence-electron chi connectivity index (χ2n) is 9.42. The Bertz CT molecular complexity index is 1370. The Morgan fingerprint density at radius 2 is 1.83 bits per heavy atom. The van der Waals surface area contributed by atoms with Gasteiger partial charge < -0.3 is 10.5 Å². The van der Waals surface area contributed by atoms with Gasteiger partial charge in [0.15, 0.2) is 16.9 Å². The number of Topliss-reactive ketones (excluding diaryl/α,β-unsaturated/α-hetero) is 1. The van der Waals surface area contributed by atoms with Gasteiger partial charge in [-0.15, -0.1) is 12.4 Å². The van der Waals surface area contributed by atoms with E-state index in [1.54, 1.807) is 41.9 Å². The van der Waals surface area contributed by atoms with Crippen LogP contribution in [-0.2, 0) is 20.1 Å². The van der Waals surface area contributed by atoms with Crippen molar-refractivity contribution < 1.29 is 9.53 Å². The van der Waals surface area contributed by atoms with Crippen molar-refractivity contribution >= 4 is 29.4 Å². The number of halogens is 1. The van der Waals surface area contributed by atoms with Crippen molar-refractivity contribution in [1.82, 2.24) is 18.7 Å². The Hall–Kier alpha value is -3.17. The molecule has 1 saturated carbocycles. The monoisotopic (exact) mass is 515 g/mol. The molecule has 1 aromatic carbocycles. The minimum Gasteiger partial charge on any atom is -0.461 e. The standard InChI is InChI=1S/C26H33N5O4.ClH/c1-17(2)13-14-30-22-23(28-25(30)35-21-12-8-7-11-19(21)15-27)29(3)26(34)31(24(22)33)16-20(32)18-9-5-4-6-10-18;/h4-6,9-10,13,19,21H,7-8,11-12,14-16,27H2,1-3H3;1H/t19-,21+;/m1./s1. The minimum absolute atomic E-state index is 0. The molecule has 36 heavy (non-hydrogen) atoms. The number of aromatic nitrogens is 4. The maximum absolute atomic E-state index is 13.6. The molecule has 4 rings (SSSR count). The number of rotatable bonds is 8. The number of nitrogens with two attached hydrogens (primary N) is 1. The van der Waals surface area contributed by atoms with Gasteiger partial charge in [0.05, 0.1) is 6.54 Å². The summed E-state index contributed by atoms with van der Waals surface area (Å²) < 4.78 is 10.3. The van der Waals surface area contributed by atoms with Crippen LogP contribution in [0.15, 0.2) is 51.6 Å². The third-order valence-electron chi connectivity index (χ3n) is 6.68. The lowest BCUT2D eigenvalue weighted by molar-refractivity contribution is 0.0841. The number of aryl methyl sites for hydroxylation is 1. The van der Waals surface area contributed by atoms with Crippen molar-refractivity contribution in [1.29, 1.82) is 0 Å². The van der Waals surface area contributed by atoms with Crippen LogP contribution in [0, 0.1) is 5.92 Å². The van der Waals surface area contributed by atoms with E-state index in [1.165, 1.54) is 4.57 Å². The van der Waals surface area contributed by atoms with Gasteiger partial charge in [-0.3, -0.25) is 23.3 Å². The predicted octanol–water partition coefficient (Wildman–Crippen LogP) is 3.06. The molecule has 1 aliphatic rings. The first-order chi connectivity index (χ1) is 16.8. The van der Waals surface area contributed by atoms with Crippen molar-refractivity contribution in [3.8, 4) is 6.01 Å². The summed E-state index contributed by atoms with van der Waals surface area (Å²) in [6.45, 7) is 4.46. The van der Waals surface area contributed by atoms with Crippen LogP contribution in [0.5, 0.6) is 6.01 Å². The van der Waals surface area contributed by atoms with Gasteiger partial charge in [-0.25, -0.2) is 4.79 Å². The van der Waals surface area contributed by atoms with Crippen LogP contribution in [0.1, 0.15) is 49.9 Å². The number of hydrogen-bond donors (Lipinski definition) is 1. The second kappa shape index (κ2) is 11.7. The summed E-state index contributed by atoms with van der Waals surface area (Å²) in [5.41, 5.74) is 6.82. The molecule has 2 heterocycles. The SMILES string of the molecule is CC(C)=CCn1c(O[C@H]2CCCC[C@@H]2CN)nc2c1c(=O)n(CC(=O)c1ccccc1)c(=O)n2C.Cl. The van der Waals surface area contributed by atoms with E-state index in [0.717, 1.165) is 35.8 Å². The number of imidazole rings is 1. The molecule has 3 aromatic rings. The van der Waals surface area contributed by atoms with Gasteiger partial charge in [-0.05, 0) is 39.7 Å². The van der Waals surface area contributed by atoms with E-state index in [-0.39, 0.29) is 47.9 Å². The number of ether oxygens (including phenoxy) is 1. The number of ketones is 1. The molecule has 1 aliphatic carbocycles. The number of carbonyl (C=O) groups excluding carboxylic acids is 1. The van der Waals surface area contributed by atoms with E-state index < -0.39 is 11.2 Å². The van der Waals surface area contributed by atoms with Gasteiger partial charge in [0.2, 0.25) is 0 Å². The van der Waals surface area contributed by atoms with E-state index in [0.29, 0.717) is 24.7 Å². The smallest absolute Gasteiger partial charge is 0.332 e. The summed E-state index contributed by atoms with van der Waals surface area (Å²) in [4.78, 5) is 44.1. The Balaban J connectivity index is 0.00000361. The summed E-state index contributed by atoms with van der Waals surface area (Å²) in [7, 11) is 1.55. The number of carbonyl (C=O) groups is 1. The zero-order valence-electron chi connectivity index (χ0n) is 21.0. The highest BCUT2D eigenvalue weighted by Gasteiger charge is 2.29. The van der Waals surface area contributed by atoms with Gasteiger partial charge in [0.1, 0.15) is 6.10 Å². The lowest BCUT2D eigenvalue weighted by atomic mass is 9.86. The average molecular weight is 516 g/mol. The molecule has 0 amide bonds. The van der Waals surface area contributed by atoms with E-state index in [1.807, 2.05) is 19.9 Å². The molecule has 2 aromatic heterocycles. The van der Waals surface area contributed by atoms with Crippen LogP contribution >= 0.6 is 12.4 Å². The van der Waals surface area contributed by atoms with Crippen molar-refractivity contribution in [2.24, 2.45) is 18.7 Å². The van der Waals surface area contributed by atoms with Crippen molar-refractivity contribution in [3.63, 3.8) is 0 Å². The zero-order chi connectivity index (χ0) is 25.1. The summed E-state index contributed by atoms with van der Waals surface area (Å²) >= 11 is 0. The highest BCUT2D eigenvalue weighted by molar-refractivity contribution is 5.95. The van der Waals surface area contributed by atoms with E-state index in [9.17, 15) is 14.4 Å². The Kier molecular flexibility index (Phi) is 8.92. The largest absolute Gasteiger partial charge is 0.461 e. The lowest BCUT2D eigenvalue weighted by Gasteiger charge is -2.30. The lowest BCUT2D eigenvalue weighted by Crippen LogP contribution is -2.41. The first-order valence-corrected chi connectivity index (χ1v) is 12.1. The molecule has 0 unspecified atom stereocenters. The number of nitrogens with zero attached hydrogens (tertiary/aromatic N) is 4. The molecular weight excluding hydrogens is 482 g/mol. The maximum atomic E-state index is 13.6. The molecule has 2 atom stereocenters. The van der Waals surface area contributed by atoms with Crippen LogP contribution < -0.4 is 21.7 Å². The van der Waals surface area contributed by atoms with Gasteiger partial charge in [0.25, 0.3) is 11.6 Å². The normalized spacial score (nSPS) is 17.4.